The smallest absolute Gasteiger partial charge is 0.313 e. The molecule has 0 saturated heterocycles. The Morgan fingerprint density at radius 1 is 1.43 bits per heavy atom. The second-order valence-corrected chi connectivity index (χ2v) is 5.89. The van der Waals surface area contributed by atoms with Gasteiger partial charge in [-0.25, -0.2) is 9.67 Å². The summed E-state index contributed by atoms with van der Waals surface area (Å²) in [5.41, 5.74) is 0.340. The third-order valence-corrected chi connectivity index (χ3v) is 4.16. The summed E-state index contributed by atoms with van der Waals surface area (Å²) >= 11 is 6.00. The van der Waals surface area contributed by atoms with Gasteiger partial charge in [0, 0.05) is 11.6 Å². The fourth-order valence-electron chi connectivity index (χ4n) is 2.39. The van der Waals surface area contributed by atoms with Crippen molar-refractivity contribution in [1.82, 2.24) is 20.1 Å². The van der Waals surface area contributed by atoms with Gasteiger partial charge in [-0.3, -0.25) is 9.59 Å². The number of carbonyl (C=O) groups is 2. The van der Waals surface area contributed by atoms with E-state index in [1.165, 1.54) is 24.4 Å². The molecule has 1 aliphatic carbocycles. The predicted octanol–water partition coefficient (Wildman–Crippen LogP) is 1.60. The van der Waals surface area contributed by atoms with Gasteiger partial charge in [0.1, 0.15) is 12.7 Å². The molecule has 3 rings (SSSR count). The van der Waals surface area contributed by atoms with Crippen LogP contribution in [0.15, 0.2) is 30.9 Å². The summed E-state index contributed by atoms with van der Waals surface area (Å²) in [7, 11) is 1.35. The standard InChI is InChI=1S/C15H15ClN4O3/c1-23-14(22)15(4-5-15)7-18-13(21)11-6-10(16)2-3-12(11)20-9-17-8-19-20/h2-3,6,8-9H,4-5,7H2,1H3,(H,18,21). The van der Waals surface area contributed by atoms with Gasteiger partial charge in [-0.2, -0.15) is 5.10 Å². The Bertz CT molecular complexity index is 741. The van der Waals surface area contributed by atoms with Crippen molar-refractivity contribution in [1.29, 1.82) is 0 Å². The molecule has 120 valence electrons. The van der Waals surface area contributed by atoms with E-state index in [-0.39, 0.29) is 18.4 Å². The minimum absolute atomic E-state index is 0.238. The number of amides is 1. The fourth-order valence-corrected chi connectivity index (χ4v) is 2.56. The highest BCUT2D eigenvalue weighted by atomic mass is 35.5. The minimum Gasteiger partial charge on any atom is -0.469 e. The van der Waals surface area contributed by atoms with E-state index in [2.05, 4.69) is 15.4 Å². The molecule has 0 unspecified atom stereocenters. The van der Waals surface area contributed by atoms with Gasteiger partial charge in [0.05, 0.1) is 23.8 Å². The van der Waals surface area contributed by atoms with Crippen LogP contribution < -0.4 is 5.32 Å². The number of halogens is 1. The number of ether oxygens (including phenoxy) is 1. The first-order valence-corrected chi connectivity index (χ1v) is 7.45. The summed E-state index contributed by atoms with van der Waals surface area (Å²) in [5.74, 6) is -0.617. The molecule has 1 fully saturated rings. The maximum atomic E-state index is 12.5. The molecule has 23 heavy (non-hydrogen) atoms. The number of nitrogens with one attached hydrogen (secondary N) is 1. The van der Waals surface area contributed by atoms with Crippen molar-refractivity contribution in [3.63, 3.8) is 0 Å². The Hall–Kier alpha value is -2.41. The molecule has 1 aromatic heterocycles. The fraction of sp³-hybridized carbons (Fsp3) is 0.333. The number of hydrogen-bond acceptors (Lipinski definition) is 5. The number of nitrogens with zero attached hydrogens (tertiary/aromatic N) is 3. The van der Waals surface area contributed by atoms with Gasteiger partial charge >= 0.3 is 5.97 Å². The molecule has 0 bridgehead atoms. The van der Waals surface area contributed by atoms with Gasteiger partial charge in [0.25, 0.3) is 5.91 Å². The summed E-state index contributed by atoms with van der Waals surface area (Å²) in [6.07, 6.45) is 4.31. The Labute approximate surface area is 137 Å². The molecular weight excluding hydrogens is 320 g/mol. The molecule has 0 radical (unpaired) electrons. The number of benzene rings is 1. The molecule has 1 heterocycles. The van der Waals surface area contributed by atoms with Crippen LogP contribution >= 0.6 is 11.6 Å². The van der Waals surface area contributed by atoms with Crippen LogP contribution in [0.1, 0.15) is 23.2 Å². The van der Waals surface area contributed by atoms with Crippen molar-refractivity contribution in [2.75, 3.05) is 13.7 Å². The van der Waals surface area contributed by atoms with E-state index in [1.807, 2.05) is 0 Å². The highest BCUT2D eigenvalue weighted by molar-refractivity contribution is 6.31. The number of hydrogen-bond donors (Lipinski definition) is 1. The average Bonchev–Trinajstić information content (AvgIpc) is 3.16. The monoisotopic (exact) mass is 334 g/mol. The zero-order chi connectivity index (χ0) is 16.4. The van der Waals surface area contributed by atoms with E-state index in [0.717, 1.165) is 0 Å². The maximum Gasteiger partial charge on any atom is 0.313 e. The zero-order valence-electron chi connectivity index (χ0n) is 12.5. The van der Waals surface area contributed by atoms with Crippen molar-refractivity contribution in [2.45, 2.75) is 12.8 Å². The summed E-state index contributed by atoms with van der Waals surface area (Å²) in [4.78, 5) is 28.1. The van der Waals surface area contributed by atoms with E-state index in [1.54, 1.807) is 18.2 Å². The lowest BCUT2D eigenvalue weighted by Crippen LogP contribution is -2.35. The first-order valence-electron chi connectivity index (χ1n) is 7.07. The van der Waals surface area contributed by atoms with Crippen LogP contribution in [0.2, 0.25) is 5.02 Å². The van der Waals surface area contributed by atoms with Crippen LogP contribution in [-0.2, 0) is 9.53 Å². The molecule has 1 amide bonds. The van der Waals surface area contributed by atoms with Gasteiger partial charge in [-0.05, 0) is 31.0 Å². The Morgan fingerprint density at radius 3 is 2.83 bits per heavy atom. The quantitative estimate of drug-likeness (QED) is 0.839. The minimum atomic E-state index is -0.587. The van der Waals surface area contributed by atoms with E-state index in [0.29, 0.717) is 29.1 Å². The summed E-state index contributed by atoms with van der Waals surface area (Å²) in [6, 6.07) is 4.93. The average molecular weight is 335 g/mol. The van der Waals surface area contributed by atoms with Crippen molar-refractivity contribution in [3.05, 3.63) is 41.4 Å². The van der Waals surface area contributed by atoms with Crippen LogP contribution in [0.5, 0.6) is 0 Å². The third kappa shape index (κ3) is 3.05. The van der Waals surface area contributed by atoms with Crippen molar-refractivity contribution < 1.29 is 14.3 Å². The topological polar surface area (TPSA) is 86.1 Å². The number of methoxy groups -OCH3 is 1. The van der Waals surface area contributed by atoms with Crippen LogP contribution in [-0.4, -0.2) is 40.3 Å². The van der Waals surface area contributed by atoms with Gasteiger partial charge < -0.3 is 10.1 Å². The first kappa shape index (κ1) is 15.5. The molecule has 0 atom stereocenters. The SMILES string of the molecule is COC(=O)C1(CNC(=O)c2cc(Cl)ccc2-n2cncn2)CC1. The van der Waals surface area contributed by atoms with E-state index >= 15 is 0 Å². The summed E-state index contributed by atoms with van der Waals surface area (Å²) in [6.45, 7) is 0.238. The molecule has 7 nitrogen and oxygen atoms in total. The molecule has 1 aliphatic rings. The number of aromatic nitrogens is 3. The second kappa shape index (κ2) is 6.00. The number of rotatable bonds is 5. The van der Waals surface area contributed by atoms with Crippen molar-refractivity contribution >= 4 is 23.5 Å². The molecule has 8 heteroatoms. The van der Waals surface area contributed by atoms with Crippen molar-refractivity contribution in [2.24, 2.45) is 5.41 Å². The predicted molar refractivity (Wildman–Crippen MR) is 82.4 cm³/mol. The van der Waals surface area contributed by atoms with E-state index < -0.39 is 5.41 Å². The highest BCUT2D eigenvalue weighted by Gasteiger charge is 2.51. The molecular formula is C15H15ClN4O3. The Kier molecular flexibility index (Phi) is 4.04. The highest BCUT2D eigenvalue weighted by Crippen LogP contribution is 2.46. The second-order valence-electron chi connectivity index (χ2n) is 5.46. The Morgan fingerprint density at radius 2 is 2.22 bits per heavy atom. The number of carbonyl (C=O) groups excluding carboxylic acids is 2. The molecule has 1 N–H and O–H groups in total. The number of esters is 1. The van der Waals surface area contributed by atoms with Gasteiger partial charge in [0.15, 0.2) is 0 Å². The van der Waals surface area contributed by atoms with E-state index in [4.69, 9.17) is 16.3 Å². The molecule has 0 spiro atoms. The van der Waals surface area contributed by atoms with Crippen LogP contribution in [0, 0.1) is 5.41 Å². The maximum absolute atomic E-state index is 12.5. The van der Waals surface area contributed by atoms with Crippen LogP contribution in [0.25, 0.3) is 5.69 Å². The first-order chi connectivity index (χ1) is 11.1. The third-order valence-electron chi connectivity index (χ3n) is 3.93. The molecule has 1 aromatic carbocycles. The van der Waals surface area contributed by atoms with Gasteiger partial charge in [-0.1, -0.05) is 11.6 Å². The van der Waals surface area contributed by atoms with Gasteiger partial charge in [0.2, 0.25) is 0 Å². The lowest BCUT2D eigenvalue weighted by molar-refractivity contribution is -0.146. The van der Waals surface area contributed by atoms with Crippen LogP contribution in [0.3, 0.4) is 0 Å². The lowest BCUT2D eigenvalue weighted by atomic mass is 10.1. The largest absolute Gasteiger partial charge is 0.469 e. The van der Waals surface area contributed by atoms with Crippen molar-refractivity contribution in [3.8, 4) is 5.69 Å². The Balaban J connectivity index is 1.80. The normalized spacial score (nSPS) is 15.0. The summed E-state index contributed by atoms with van der Waals surface area (Å²) < 4.78 is 6.27. The molecule has 2 aromatic rings. The summed E-state index contributed by atoms with van der Waals surface area (Å²) in [5, 5.41) is 7.25. The van der Waals surface area contributed by atoms with Crippen LogP contribution in [0.4, 0.5) is 0 Å². The zero-order valence-corrected chi connectivity index (χ0v) is 13.2. The van der Waals surface area contributed by atoms with E-state index in [9.17, 15) is 9.59 Å². The lowest BCUT2D eigenvalue weighted by Gasteiger charge is -2.15. The van der Waals surface area contributed by atoms with Gasteiger partial charge in [-0.15, -0.1) is 0 Å². The molecule has 1 saturated carbocycles. The molecule has 0 aliphatic heterocycles.